The van der Waals surface area contributed by atoms with E-state index in [2.05, 4.69) is 10.3 Å². The summed E-state index contributed by atoms with van der Waals surface area (Å²) in [7, 11) is 0. The summed E-state index contributed by atoms with van der Waals surface area (Å²) in [6, 6.07) is 38.8. The van der Waals surface area contributed by atoms with Crippen molar-refractivity contribution >= 4 is 46.3 Å². The van der Waals surface area contributed by atoms with Crippen LogP contribution in [0.5, 0.6) is 0 Å². The second kappa shape index (κ2) is 20.2. The Kier molecular flexibility index (Phi) is 14.2. The van der Waals surface area contributed by atoms with Gasteiger partial charge in [-0.1, -0.05) is 121 Å². The van der Waals surface area contributed by atoms with Crippen LogP contribution in [0.15, 0.2) is 138 Å². The van der Waals surface area contributed by atoms with E-state index >= 15 is 0 Å². The molecule has 11 nitrogen and oxygen atoms in total. The van der Waals surface area contributed by atoms with Crippen molar-refractivity contribution in [1.29, 1.82) is 0 Å². The molecule has 0 bridgehead atoms. The molecule has 1 saturated heterocycles. The van der Waals surface area contributed by atoms with Crippen molar-refractivity contribution in [3.8, 4) is 0 Å². The van der Waals surface area contributed by atoms with Crippen LogP contribution in [0.2, 0.25) is 5.02 Å². The van der Waals surface area contributed by atoms with Gasteiger partial charge in [0.25, 0.3) is 5.89 Å². The number of halogens is 1. The van der Waals surface area contributed by atoms with E-state index in [4.69, 9.17) is 31.2 Å². The lowest BCUT2D eigenvalue weighted by Crippen LogP contribution is -2.52. The number of carbonyl (C=O) groups excluding carboxylic acids is 4. The number of hydrogen-bond donors (Lipinski definition) is 2. The lowest BCUT2D eigenvalue weighted by Gasteiger charge is -2.29. The molecule has 5 aromatic carbocycles. The predicted molar refractivity (Wildman–Crippen MR) is 228 cm³/mol. The van der Waals surface area contributed by atoms with E-state index in [-0.39, 0.29) is 57.1 Å². The summed E-state index contributed by atoms with van der Waals surface area (Å²) in [5.41, 5.74) is 11.2. The van der Waals surface area contributed by atoms with Gasteiger partial charge in [0.05, 0.1) is 18.8 Å². The summed E-state index contributed by atoms with van der Waals surface area (Å²) in [5.74, 6) is -2.13. The third kappa shape index (κ3) is 11.1. The van der Waals surface area contributed by atoms with Crippen LogP contribution in [0.25, 0.3) is 11.1 Å². The van der Waals surface area contributed by atoms with Crippen molar-refractivity contribution in [1.82, 2.24) is 15.2 Å². The zero-order valence-electron chi connectivity index (χ0n) is 33.1. The molecule has 3 N–H and O–H groups in total. The average Bonchev–Trinajstić information content (AvgIpc) is 3.92. The summed E-state index contributed by atoms with van der Waals surface area (Å²) < 4.78 is 17.8. The number of aromatic nitrogens is 1. The highest BCUT2D eigenvalue weighted by Gasteiger charge is 2.43. The molecule has 7 rings (SSSR count). The molecule has 1 aliphatic rings. The summed E-state index contributed by atoms with van der Waals surface area (Å²) in [4.78, 5) is 63.0. The van der Waals surface area contributed by atoms with Crippen LogP contribution < -0.4 is 11.1 Å². The highest BCUT2D eigenvalue weighted by atomic mass is 35.5. The molecule has 1 aliphatic heterocycles. The van der Waals surface area contributed by atoms with Gasteiger partial charge in [0.15, 0.2) is 11.4 Å². The van der Waals surface area contributed by atoms with Gasteiger partial charge in [0, 0.05) is 36.9 Å². The maximum atomic E-state index is 14.8. The lowest BCUT2D eigenvalue weighted by molar-refractivity contribution is -0.139. The largest absolute Gasteiger partial charge is 0.445 e. The number of ether oxygens (including phenoxy) is 2. The molecule has 4 atom stereocenters. The van der Waals surface area contributed by atoms with Gasteiger partial charge in [-0.05, 0) is 71.3 Å². The molecule has 0 radical (unpaired) electrons. The molecular weight excluding hydrogens is 780 g/mol. The van der Waals surface area contributed by atoms with Crippen molar-refractivity contribution in [2.75, 3.05) is 6.54 Å². The van der Waals surface area contributed by atoms with Gasteiger partial charge >= 0.3 is 6.09 Å². The van der Waals surface area contributed by atoms with Gasteiger partial charge < -0.3 is 29.8 Å². The number of benzene rings is 5. The van der Waals surface area contributed by atoms with Crippen molar-refractivity contribution in [2.45, 2.75) is 70.1 Å². The molecule has 0 spiro atoms. The predicted octanol–water partition coefficient (Wildman–Crippen LogP) is 8.05. The molecule has 1 aromatic heterocycles. The van der Waals surface area contributed by atoms with Crippen LogP contribution in [0.1, 0.15) is 57.8 Å². The molecule has 60 heavy (non-hydrogen) atoms. The van der Waals surface area contributed by atoms with Gasteiger partial charge in [0.1, 0.15) is 18.2 Å². The van der Waals surface area contributed by atoms with Crippen molar-refractivity contribution in [2.24, 2.45) is 11.7 Å². The number of amides is 2. The van der Waals surface area contributed by atoms with Gasteiger partial charge in [-0.3, -0.25) is 14.4 Å². The molecular formula is C48H47ClN4O7. The Bertz CT molecular complexity index is 2340. The Morgan fingerprint density at radius 2 is 1.42 bits per heavy atom. The van der Waals surface area contributed by atoms with Crippen molar-refractivity contribution in [3.63, 3.8) is 0 Å². The monoisotopic (exact) mass is 826 g/mol. The summed E-state index contributed by atoms with van der Waals surface area (Å²) in [5, 5.41) is 3.40. The highest BCUT2D eigenvalue weighted by Crippen LogP contribution is 2.29. The highest BCUT2D eigenvalue weighted by molar-refractivity contribution is 6.30. The average molecular weight is 827 g/mol. The second-order valence-electron chi connectivity index (χ2n) is 15.0. The van der Waals surface area contributed by atoms with Crippen LogP contribution in [0.3, 0.4) is 0 Å². The first-order valence-electron chi connectivity index (χ1n) is 20.1. The Morgan fingerprint density at radius 3 is 2.12 bits per heavy atom. The minimum Gasteiger partial charge on any atom is -0.445 e. The van der Waals surface area contributed by atoms with E-state index in [0.717, 1.165) is 27.8 Å². The van der Waals surface area contributed by atoms with E-state index in [0.29, 0.717) is 29.1 Å². The van der Waals surface area contributed by atoms with E-state index in [1.807, 2.05) is 97.1 Å². The number of Topliss-reactive ketones (excluding diaryl/α,β-unsaturated/α-hetero) is 2. The van der Waals surface area contributed by atoms with Crippen molar-refractivity contribution < 1.29 is 33.1 Å². The first-order valence-corrected chi connectivity index (χ1v) is 20.5. The SMILES string of the molecule is NCc1ccc(C[C@H](CC(=O)[C@@H]2C[C@@H](OCc3ccc(Cl)cc3)CN2C(=O)[C@@H](CCc2ccccc2)NC(=O)OCc2ccccc2)C(=O)c2nc3ccccc3o2)cc1. The number of nitrogens with one attached hydrogen (secondary N) is 1. The third-order valence-electron chi connectivity index (χ3n) is 10.7. The number of para-hydroxylation sites is 2. The first-order chi connectivity index (χ1) is 29.2. The fourth-order valence-corrected chi connectivity index (χ4v) is 7.59. The number of likely N-dealkylation sites (tertiary alicyclic amines) is 1. The van der Waals surface area contributed by atoms with Crippen LogP contribution in [-0.2, 0) is 51.7 Å². The molecule has 308 valence electrons. The van der Waals surface area contributed by atoms with Crippen LogP contribution >= 0.6 is 11.6 Å². The van der Waals surface area contributed by atoms with Gasteiger partial charge in [-0.25, -0.2) is 9.78 Å². The zero-order valence-corrected chi connectivity index (χ0v) is 33.8. The summed E-state index contributed by atoms with van der Waals surface area (Å²) >= 11 is 6.12. The normalized spacial score (nSPS) is 16.0. The first kappa shape index (κ1) is 42.0. The second-order valence-corrected chi connectivity index (χ2v) is 15.5. The molecule has 12 heteroatoms. The molecule has 2 heterocycles. The van der Waals surface area contributed by atoms with Crippen molar-refractivity contribution in [3.05, 3.63) is 172 Å². The molecule has 0 aliphatic carbocycles. The third-order valence-corrected chi connectivity index (χ3v) is 11.0. The zero-order chi connectivity index (χ0) is 41.8. The topological polar surface area (TPSA) is 154 Å². The fourth-order valence-electron chi connectivity index (χ4n) is 7.47. The fraction of sp³-hybridized carbons (Fsp3) is 0.271. The summed E-state index contributed by atoms with van der Waals surface area (Å²) in [6.07, 6.45) is -0.342. The minimum atomic E-state index is -1.03. The Morgan fingerprint density at radius 1 is 0.783 bits per heavy atom. The minimum absolute atomic E-state index is 0.0160. The van der Waals surface area contributed by atoms with Gasteiger partial charge in [-0.2, -0.15) is 0 Å². The van der Waals surface area contributed by atoms with Gasteiger partial charge in [0.2, 0.25) is 11.7 Å². The number of alkyl carbamates (subject to hydrolysis) is 1. The molecule has 0 unspecified atom stereocenters. The number of nitrogens with two attached hydrogens (primary N) is 1. The number of oxazole rings is 1. The van der Waals surface area contributed by atoms with Crippen LogP contribution in [0, 0.1) is 5.92 Å². The summed E-state index contributed by atoms with van der Waals surface area (Å²) in [6.45, 7) is 0.699. The number of hydrogen-bond acceptors (Lipinski definition) is 9. The number of rotatable bonds is 18. The van der Waals surface area contributed by atoms with E-state index < -0.39 is 41.9 Å². The van der Waals surface area contributed by atoms with E-state index in [1.165, 1.54) is 4.90 Å². The maximum Gasteiger partial charge on any atom is 0.408 e. The molecule has 6 aromatic rings. The molecule has 2 amide bonds. The van der Waals surface area contributed by atoms with Crippen LogP contribution in [0.4, 0.5) is 4.79 Å². The number of carbonyl (C=O) groups is 4. The number of aryl methyl sites for hydroxylation is 1. The maximum absolute atomic E-state index is 14.8. The molecule has 0 saturated carbocycles. The van der Waals surface area contributed by atoms with E-state index in [1.54, 1.807) is 36.4 Å². The number of nitrogens with zero attached hydrogens (tertiary/aromatic N) is 2. The Hall–Kier alpha value is -6.14. The van der Waals surface area contributed by atoms with Crippen LogP contribution in [-0.4, -0.2) is 58.2 Å². The van der Waals surface area contributed by atoms with E-state index in [9.17, 15) is 19.2 Å². The Labute approximate surface area is 353 Å². The number of ketones is 2. The molecule has 1 fully saturated rings. The quantitative estimate of drug-likeness (QED) is 0.0820. The lowest BCUT2D eigenvalue weighted by atomic mass is 9.87. The smallest absolute Gasteiger partial charge is 0.408 e. The number of fused-ring (bicyclic) bond motifs is 1. The standard InChI is InChI=1S/C48H47ClN4O7/c49-38-22-19-36(20-23-38)30-58-39-27-42(43(54)26-37(25-33-15-17-34(28-50)18-16-33)45(55)46-51-40-13-7-8-14-44(40)60-46)53(29-39)47(56)41(24-21-32-9-3-1-4-10-32)52-48(57)59-31-35-11-5-2-6-12-35/h1-20,22-23,37,39,41-42H,21,24-31,50H2,(H,52,57)/t37-,39-,41-,42+/m1/s1. The Balaban J connectivity index is 1.15. The van der Waals surface area contributed by atoms with Gasteiger partial charge in [-0.15, -0.1) is 0 Å².